The minimum absolute atomic E-state index is 0.192. The van der Waals surface area contributed by atoms with Gasteiger partial charge in [-0.2, -0.15) is 0 Å². The summed E-state index contributed by atoms with van der Waals surface area (Å²) in [5.41, 5.74) is 5.55. The van der Waals surface area contributed by atoms with Gasteiger partial charge in [-0.3, -0.25) is 4.79 Å². The average molecular weight is 141 g/mol. The lowest BCUT2D eigenvalue weighted by molar-refractivity contribution is -0.142. The quantitative estimate of drug-likeness (QED) is 0.518. The normalized spacial score (nSPS) is 32.1. The summed E-state index contributed by atoms with van der Waals surface area (Å²) in [4.78, 5) is 10.5. The molecule has 0 saturated carbocycles. The number of hydrogen-bond donors (Lipinski definition) is 2. The van der Waals surface area contributed by atoms with Gasteiger partial charge >= 0.3 is 5.97 Å². The molecule has 2 unspecified atom stereocenters. The maximum Gasteiger partial charge on any atom is 0.308 e. The number of nitrogens with two attached hydrogens (primary N) is 1. The largest absolute Gasteiger partial charge is 0.481 e. The van der Waals surface area contributed by atoms with E-state index in [4.69, 9.17) is 10.8 Å². The van der Waals surface area contributed by atoms with Gasteiger partial charge in [0.25, 0.3) is 0 Å². The van der Waals surface area contributed by atoms with Crippen LogP contribution in [-0.2, 0) is 4.79 Å². The third-order valence-corrected chi connectivity index (χ3v) is 1.80. The lowest BCUT2D eigenvalue weighted by atomic mass is 9.90. The van der Waals surface area contributed by atoms with Crippen molar-refractivity contribution in [2.24, 2.45) is 11.7 Å². The van der Waals surface area contributed by atoms with Crippen LogP contribution in [-0.4, -0.2) is 17.1 Å². The van der Waals surface area contributed by atoms with Crippen molar-refractivity contribution in [1.29, 1.82) is 0 Å². The minimum atomic E-state index is -0.781. The molecule has 1 aliphatic rings. The number of carboxylic acids is 1. The molecule has 2 atom stereocenters. The summed E-state index contributed by atoms with van der Waals surface area (Å²) in [5.74, 6) is -1.15. The number of rotatable bonds is 1. The first-order valence-electron chi connectivity index (χ1n) is 3.35. The first-order valence-corrected chi connectivity index (χ1v) is 3.35. The van der Waals surface area contributed by atoms with Gasteiger partial charge in [-0.1, -0.05) is 12.2 Å². The van der Waals surface area contributed by atoms with E-state index >= 15 is 0 Å². The predicted octanol–water partition coefficient (Wildman–Crippen LogP) is 0.364. The lowest BCUT2D eigenvalue weighted by Crippen LogP contribution is -2.36. The third kappa shape index (κ3) is 1.36. The van der Waals surface area contributed by atoms with Crippen LogP contribution < -0.4 is 5.73 Å². The summed E-state index contributed by atoms with van der Waals surface area (Å²) >= 11 is 0. The van der Waals surface area contributed by atoms with E-state index in [0.29, 0.717) is 12.8 Å². The molecule has 0 amide bonds. The van der Waals surface area contributed by atoms with Crippen LogP contribution in [0, 0.1) is 5.92 Å². The molecule has 0 aromatic carbocycles. The van der Waals surface area contributed by atoms with Crippen LogP contribution in [0.2, 0.25) is 0 Å². The maximum atomic E-state index is 10.5. The standard InChI is InChI=1S/C7H11NO2/c8-6-4-2-1-3-5(6)7(9)10/h1-2,5-6H,3-4,8H2,(H,9,10). The second-order valence-corrected chi connectivity index (χ2v) is 2.55. The van der Waals surface area contributed by atoms with Crippen molar-refractivity contribution in [1.82, 2.24) is 0 Å². The molecule has 10 heavy (non-hydrogen) atoms. The summed E-state index contributed by atoms with van der Waals surface area (Å²) in [6, 6.07) is -0.192. The Hall–Kier alpha value is -0.830. The van der Waals surface area contributed by atoms with Crippen LogP contribution in [0.5, 0.6) is 0 Å². The monoisotopic (exact) mass is 141 g/mol. The first-order chi connectivity index (χ1) is 4.72. The van der Waals surface area contributed by atoms with Gasteiger partial charge in [0.1, 0.15) is 0 Å². The summed E-state index contributed by atoms with van der Waals surface area (Å²) in [6.45, 7) is 0. The number of carbonyl (C=O) groups is 1. The molecule has 0 radical (unpaired) electrons. The Kier molecular flexibility index (Phi) is 2.06. The fourth-order valence-corrected chi connectivity index (χ4v) is 1.12. The van der Waals surface area contributed by atoms with Gasteiger partial charge in [-0.05, 0) is 12.8 Å². The second-order valence-electron chi connectivity index (χ2n) is 2.55. The number of hydrogen-bond acceptors (Lipinski definition) is 2. The Labute approximate surface area is 59.5 Å². The first kappa shape index (κ1) is 7.28. The summed E-state index contributed by atoms with van der Waals surface area (Å²) in [5, 5.41) is 8.59. The Morgan fingerprint density at radius 2 is 2.10 bits per heavy atom. The smallest absolute Gasteiger partial charge is 0.308 e. The molecule has 0 bridgehead atoms. The highest BCUT2D eigenvalue weighted by molar-refractivity contribution is 5.71. The molecule has 3 N–H and O–H groups in total. The van der Waals surface area contributed by atoms with Crippen LogP contribution in [0.4, 0.5) is 0 Å². The summed E-state index contributed by atoms with van der Waals surface area (Å²) in [7, 11) is 0. The second kappa shape index (κ2) is 2.84. The van der Waals surface area contributed by atoms with Crippen molar-refractivity contribution in [2.75, 3.05) is 0 Å². The van der Waals surface area contributed by atoms with Gasteiger partial charge in [0.15, 0.2) is 0 Å². The molecule has 56 valence electrons. The van der Waals surface area contributed by atoms with Gasteiger partial charge in [0.05, 0.1) is 5.92 Å². The molecule has 0 aliphatic heterocycles. The zero-order valence-corrected chi connectivity index (χ0v) is 5.66. The molecule has 0 heterocycles. The van der Waals surface area contributed by atoms with Crippen molar-refractivity contribution in [3.63, 3.8) is 0 Å². The zero-order chi connectivity index (χ0) is 7.56. The minimum Gasteiger partial charge on any atom is -0.481 e. The van der Waals surface area contributed by atoms with Crippen LogP contribution in [0.3, 0.4) is 0 Å². The average Bonchev–Trinajstić information content (AvgIpc) is 1.88. The Balaban J connectivity index is 2.59. The molecule has 3 nitrogen and oxygen atoms in total. The molecule has 0 spiro atoms. The van der Waals surface area contributed by atoms with Crippen LogP contribution in [0.15, 0.2) is 12.2 Å². The highest BCUT2D eigenvalue weighted by Gasteiger charge is 2.24. The summed E-state index contributed by atoms with van der Waals surface area (Å²) < 4.78 is 0. The number of allylic oxidation sites excluding steroid dienone is 1. The zero-order valence-electron chi connectivity index (χ0n) is 5.66. The van der Waals surface area contributed by atoms with Crippen molar-refractivity contribution in [3.8, 4) is 0 Å². The van der Waals surface area contributed by atoms with E-state index < -0.39 is 5.97 Å². The van der Waals surface area contributed by atoms with E-state index in [1.807, 2.05) is 12.2 Å². The predicted molar refractivity (Wildman–Crippen MR) is 37.5 cm³/mol. The van der Waals surface area contributed by atoms with Gasteiger partial charge in [-0.25, -0.2) is 0 Å². The topological polar surface area (TPSA) is 63.3 Å². The van der Waals surface area contributed by atoms with E-state index in [1.54, 1.807) is 0 Å². The Morgan fingerprint density at radius 1 is 1.50 bits per heavy atom. The molecule has 0 aromatic heterocycles. The molecule has 3 heteroatoms. The van der Waals surface area contributed by atoms with Gasteiger partial charge < -0.3 is 10.8 Å². The molecular weight excluding hydrogens is 130 g/mol. The number of aliphatic carboxylic acids is 1. The third-order valence-electron chi connectivity index (χ3n) is 1.80. The van der Waals surface area contributed by atoms with Gasteiger partial charge in [-0.15, -0.1) is 0 Å². The molecular formula is C7H11NO2. The van der Waals surface area contributed by atoms with Gasteiger partial charge in [0.2, 0.25) is 0 Å². The van der Waals surface area contributed by atoms with E-state index in [0.717, 1.165) is 0 Å². The van der Waals surface area contributed by atoms with Gasteiger partial charge in [0, 0.05) is 6.04 Å². The fourth-order valence-electron chi connectivity index (χ4n) is 1.12. The van der Waals surface area contributed by atoms with Crippen LogP contribution in [0.25, 0.3) is 0 Å². The van der Waals surface area contributed by atoms with Crippen LogP contribution in [0.1, 0.15) is 12.8 Å². The molecule has 0 aromatic rings. The van der Waals surface area contributed by atoms with E-state index in [-0.39, 0.29) is 12.0 Å². The van der Waals surface area contributed by atoms with Crippen molar-refractivity contribution < 1.29 is 9.90 Å². The van der Waals surface area contributed by atoms with Crippen molar-refractivity contribution in [3.05, 3.63) is 12.2 Å². The maximum absolute atomic E-state index is 10.5. The highest BCUT2D eigenvalue weighted by Crippen LogP contribution is 2.16. The summed E-state index contributed by atoms with van der Waals surface area (Å²) in [6.07, 6.45) is 5.08. The highest BCUT2D eigenvalue weighted by atomic mass is 16.4. The van der Waals surface area contributed by atoms with E-state index in [1.165, 1.54) is 0 Å². The molecule has 1 rings (SSSR count). The Bertz CT molecular complexity index is 165. The lowest BCUT2D eigenvalue weighted by Gasteiger charge is -2.20. The van der Waals surface area contributed by atoms with Crippen molar-refractivity contribution >= 4 is 5.97 Å². The molecule has 0 fully saturated rings. The number of carboxylic acid groups (broad SMARTS) is 1. The SMILES string of the molecule is NC1CC=CCC1C(=O)O. The molecule has 1 aliphatic carbocycles. The van der Waals surface area contributed by atoms with Crippen molar-refractivity contribution in [2.45, 2.75) is 18.9 Å². The molecule has 0 saturated heterocycles. The van der Waals surface area contributed by atoms with E-state index in [9.17, 15) is 4.79 Å². The fraction of sp³-hybridized carbons (Fsp3) is 0.571. The van der Waals surface area contributed by atoms with E-state index in [2.05, 4.69) is 0 Å². The Morgan fingerprint density at radius 3 is 2.50 bits per heavy atom. The van der Waals surface area contributed by atoms with Crippen LogP contribution >= 0.6 is 0 Å².